The first-order chi connectivity index (χ1) is 21.9. The van der Waals surface area contributed by atoms with Crippen molar-refractivity contribution in [1.82, 2.24) is 25.2 Å². The van der Waals surface area contributed by atoms with Gasteiger partial charge in [0.1, 0.15) is 35.5 Å². The third-order valence-corrected chi connectivity index (χ3v) is 11.0. The highest BCUT2D eigenvalue weighted by Gasteiger charge is 2.49. The molecular weight excluding hydrogens is 598 g/mol. The molecule has 0 aliphatic carbocycles. The van der Waals surface area contributed by atoms with E-state index in [1.54, 1.807) is 19.4 Å². The number of anilines is 2. The highest BCUT2D eigenvalue weighted by molar-refractivity contribution is 7.23. The molecule has 234 valence electrons. The Balaban J connectivity index is 1.30. The van der Waals surface area contributed by atoms with E-state index in [0.717, 1.165) is 67.9 Å². The van der Waals surface area contributed by atoms with E-state index in [0.29, 0.717) is 64.1 Å². The maximum atomic E-state index is 14.9. The average molecular weight is 633 g/mol. The number of rotatable bonds is 7. The summed E-state index contributed by atoms with van der Waals surface area (Å²) in [7, 11) is 1.60. The first-order valence-corrected chi connectivity index (χ1v) is 16.3. The number of hydrogen-bond donors (Lipinski definition) is 2. The summed E-state index contributed by atoms with van der Waals surface area (Å²) in [4.78, 5) is 19.3. The Bertz CT molecular complexity index is 1850. The molecule has 4 fully saturated rings. The molecule has 0 spiro atoms. The topological polar surface area (TPSA) is 125 Å². The van der Waals surface area contributed by atoms with Crippen LogP contribution in [0.4, 0.5) is 19.6 Å². The summed E-state index contributed by atoms with van der Waals surface area (Å²) in [5, 5.41) is 15.1. The number of halogens is 2. The Labute approximate surface area is 263 Å². The number of fused-ring (bicyclic) bond motifs is 5. The quantitative estimate of drug-likeness (QED) is 0.300. The van der Waals surface area contributed by atoms with Crippen LogP contribution < -0.4 is 20.7 Å². The minimum atomic E-state index is -0.864. The van der Waals surface area contributed by atoms with Crippen molar-refractivity contribution in [1.29, 1.82) is 5.26 Å². The number of pyridine rings is 1. The number of piperazine rings is 1. The van der Waals surface area contributed by atoms with E-state index in [4.69, 9.17) is 30.2 Å². The molecule has 4 atom stereocenters. The lowest BCUT2D eigenvalue weighted by molar-refractivity contribution is 0.107. The molecule has 0 radical (unpaired) electrons. The van der Waals surface area contributed by atoms with E-state index in [-0.39, 0.29) is 28.7 Å². The molecule has 13 heteroatoms. The first kappa shape index (κ1) is 28.8. The molecule has 45 heavy (non-hydrogen) atoms. The lowest BCUT2D eigenvalue weighted by atomic mass is 9.95. The fourth-order valence-corrected chi connectivity index (χ4v) is 8.99. The fourth-order valence-electron chi connectivity index (χ4n) is 8.04. The van der Waals surface area contributed by atoms with Crippen LogP contribution in [-0.4, -0.2) is 83.5 Å². The van der Waals surface area contributed by atoms with Crippen LogP contribution in [0.1, 0.15) is 43.2 Å². The minimum absolute atomic E-state index is 0.157. The van der Waals surface area contributed by atoms with Crippen molar-refractivity contribution in [2.75, 3.05) is 50.5 Å². The highest BCUT2D eigenvalue weighted by atomic mass is 32.1. The van der Waals surface area contributed by atoms with Gasteiger partial charge < -0.3 is 25.4 Å². The van der Waals surface area contributed by atoms with Crippen LogP contribution in [0, 0.1) is 17.1 Å². The second kappa shape index (κ2) is 11.0. The molecule has 0 amide bonds. The van der Waals surface area contributed by atoms with Crippen LogP contribution in [0.15, 0.2) is 18.3 Å². The Morgan fingerprint density at radius 1 is 1.22 bits per heavy atom. The van der Waals surface area contributed by atoms with Crippen LogP contribution in [0.5, 0.6) is 6.01 Å². The van der Waals surface area contributed by atoms with Crippen molar-refractivity contribution < 1.29 is 18.3 Å². The second-order valence-electron chi connectivity index (χ2n) is 12.8. The van der Waals surface area contributed by atoms with E-state index in [2.05, 4.69) is 21.2 Å². The maximum Gasteiger partial charge on any atom is 0.319 e. The molecule has 4 aliphatic heterocycles. The molecular formula is C32H34F2N8O2S. The van der Waals surface area contributed by atoms with Gasteiger partial charge in [-0.05, 0) is 44.4 Å². The number of nitrogens with one attached hydrogen (secondary N) is 1. The fraction of sp³-hybridized carbons (Fsp3) is 0.500. The van der Waals surface area contributed by atoms with Crippen molar-refractivity contribution in [2.24, 2.45) is 0 Å². The number of nitrogen functional groups attached to an aromatic ring is 1. The predicted octanol–water partition coefficient (Wildman–Crippen LogP) is 4.54. The molecule has 4 saturated heterocycles. The van der Waals surface area contributed by atoms with E-state index < -0.39 is 12.0 Å². The molecule has 7 heterocycles. The van der Waals surface area contributed by atoms with E-state index in [9.17, 15) is 14.0 Å². The molecule has 3 N–H and O–H groups in total. The number of methoxy groups -OCH3 is 1. The summed E-state index contributed by atoms with van der Waals surface area (Å²) in [6.45, 7) is 3.36. The number of nitrogens with two attached hydrogens (primary N) is 1. The van der Waals surface area contributed by atoms with E-state index >= 15 is 0 Å². The smallest absolute Gasteiger partial charge is 0.319 e. The first-order valence-electron chi connectivity index (χ1n) is 15.5. The molecule has 10 nitrogen and oxygen atoms in total. The van der Waals surface area contributed by atoms with E-state index in [1.807, 2.05) is 0 Å². The molecule has 2 unspecified atom stereocenters. The summed E-state index contributed by atoms with van der Waals surface area (Å²) in [6.07, 6.45) is 5.45. The van der Waals surface area contributed by atoms with Crippen LogP contribution in [0.25, 0.3) is 32.2 Å². The number of benzene rings is 1. The van der Waals surface area contributed by atoms with Gasteiger partial charge in [-0.2, -0.15) is 15.2 Å². The Kier molecular flexibility index (Phi) is 7.01. The SMILES string of the molecule is COCc1c(-c2ccc(F)c3sc(N)c(C#N)c23)ncc2c(N3CC4CCC(C3)N4)nc(OC[C@@]34CCCN3C[C@H](F)C4)nc12. The van der Waals surface area contributed by atoms with Gasteiger partial charge in [-0.15, -0.1) is 11.3 Å². The monoisotopic (exact) mass is 632 g/mol. The molecule has 1 aromatic carbocycles. The van der Waals surface area contributed by atoms with Gasteiger partial charge in [0.2, 0.25) is 0 Å². The molecule has 8 rings (SSSR count). The third kappa shape index (κ3) is 4.69. The predicted molar refractivity (Wildman–Crippen MR) is 169 cm³/mol. The van der Waals surface area contributed by atoms with Gasteiger partial charge in [-0.3, -0.25) is 9.88 Å². The number of aromatic nitrogens is 3. The zero-order valence-corrected chi connectivity index (χ0v) is 25.8. The molecule has 2 bridgehead atoms. The number of thiophene rings is 1. The lowest BCUT2D eigenvalue weighted by Gasteiger charge is -2.34. The van der Waals surface area contributed by atoms with Gasteiger partial charge in [0.25, 0.3) is 0 Å². The van der Waals surface area contributed by atoms with Gasteiger partial charge in [-0.25, -0.2) is 8.78 Å². The van der Waals surface area contributed by atoms with Crippen molar-refractivity contribution in [3.8, 4) is 23.3 Å². The normalized spacial score (nSPS) is 26.2. The largest absolute Gasteiger partial charge is 0.461 e. The summed E-state index contributed by atoms with van der Waals surface area (Å²) in [5.74, 6) is 0.291. The zero-order chi connectivity index (χ0) is 30.9. The van der Waals surface area contributed by atoms with Gasteiger partial charge >= 0.3 is 6.01 Å². The minimum Gasteiger partial charge on any atom is -0.461 e. The Morgan fingerprint density at radius 2 is 2.04 bits per heavy atom. The van der Waals surface area contributed by atoms with Crippen molar-refractivity contribution in [2.45, 2.75) is 62.5 Å². The van der Waals surface area contributed by atoms with Crippen LogP contribution in [0.2, 0.25) is 0 Å². The second-order valence-corrected chi connectivity index (χ2v) is 13.8. The summed E-state index contributed by atoms with van der Waals surface area (Å²) < 4.78 is 41.9. The van der Waals surface area contributed by atoms with Crippen LogP contribution in [0.3, 0.4) is 0 Å². The van der Waals surface area contributed by atoms with Crippen molar-refractivity contribution in [3.63, 3.8) is 0 Å². The van der Waals surface area contributed by atoms with E-state index in [1.165, 1.54) is 6.07 Å². The Morgan fingerprint density at radius 3 is 2.82 bits per heavy atom. The zero-order valence-electron chi connectivity index (χ0n) is 25.0. The molecule has 0 saturated carbocycles. The number of alkyl halides is 1. The maximum absolute atomic E-state index is 14.9. The van der Waals surface area contributed by atoms with Gasteiger partial charge in [0.05, 0.1) is 39.0 Å². The van der Waals surface area contributed by atoms with Gasteiger partial charge in [-0.1, -0.05) is 0 Å². The van der Waals surface area contributed by atoms with Crippen LogP contribution in [-0.2, 0) is 11.3 Å². The number of ether oxygens (including phenoxy) is 2. The summed E-state index contributed by atoms with van der Waals surface area (Å²) in [5.41, 5.74) is 8.42. The van der Waals surface area contributed by atoms with Crippen molar-refractivity contribution >= 4 is 43.1 Å². The number of hydrogen-bond acceptors (Lipinski definition) is 11. The van der Waals surface area contributed by atoms with Gasteiger partial charge in [0, 0.05) is 68.0 Å². The standard InChI is InChI=1S/C32H34F2N8O2S/c1-43-15-23-26(20-5-6-24(34)28-25(20)21(10-35)29(36)45-28)37-11-22-27(23)39-31(40-30(22)41-13-18-3-4-19(14-41)38-18)44-16-32-7-2-8-42(32)12-17(33)9-32/h5-6,11,17-19,38H,2-4,7-9,12-16,36H2,1H3/t17-,18?,19?,32+/m1/s1. The lowest BCUT2D eigenvalue weighted by Crippen LogP contribution is -2.51. The van der Waals surface area contributed by atoms with Crippen LogP contribution >= 0.6 is 11.3 Å². The average Bonchev–Trinajstić information content (AvgIpc) is 3.76. The molecule has 3 aromatic heterocycles. The summed E-state index contributed by atoms with van der Waals surface area (Å²) >= 11 is 1.05. The third-order valence-electron chi connectivity index (χ3n) is 10.0. The summed E-state index contributed by atoms with van der Waals surface area (Å²) in [6, 6.07) is 6.13. The number of nitrogens with zero attached hydrogens (tertiary/aromatic N) is 6. The van der Waals surface area contributed by atoms with Crippen molar-refractivity contribution in [3.05, 3.63) is 35.3 Å². The molecule has 4 aromatic rings. The molecule has 4 aliphatic rings. The van der Waals surface area contributed by atoms with Gasteiger partial charge in [0.15, 0.2) is 0 Å². The Hall–Kier alpha value is -3.70. The highest BCUT2D eigenvalue weighted by Crippen LogP contribution is 2.44. The number of nitriles is 1.